The van der Waals surface area contributed by atoms with Crippen LogP contribution in [-0.4, -0.2) is 28.9 Å². The standard InChI is InChI=1S/C23H16F4N2O3/c1-32-22(31)15-6-4-14(5-7-15)21(30)29-19(18-17(20(29)24)3-2-12-28-18)13-8-10-16(11-9-13)23(25,26)27/h2-12,19-20H,1H3/t19-,20?/m0/s1. The lowest BCUT2D eigenvalue weighted by molar-refractivity contribution is -0.137. The Morgan fingerprint density at radius 3 is 2.19 bits per heavy atom. The maximum Gasteiger partial charge on any atom is 0.416 e. The molecular formula is C23H16F4N2O3. The highest BCUT2D eigenvalue weighted by Gasteiger charge is 2.44. The predicted octanol–water partition coefficient (Wildman–Crippen LogP) is 5.10. The van der Waals surface area contributed by atoms with Gasteiger partial charge < -0.3 is 4.74 Å². The molecule has 1 unspecified atom stereocenters. The van der Waals surface area contributed by atoms with Gasteiger partial charge in [-0.1, -0.05) is 18.2 Å². The first kappa shape index (κ1) is 21.5. The zero-order valence-electron chi connectivity index (χ0n) is 16.6. The highest BCUT2D eigenvalue weighted by atomic mass is 19.4. The van der Waals surface area contributed by atoms with Crippen LogP contribution in [0.2, 0.25) is 0 Å². The molecule has 0 saturated heterocycles. The lowest BCUT2D eigenvalue weighted by atomic mass is 10.0. The highest BCUT2D eigenvalue weighted by Crippen LogP contribution is 2.46. The zero-order chi connectivity index (χ0) is 23.0. The molecule has 3 aromatic rings. The zero-order valence-corrected chi connectivity index (χ0v) is 16.6. The first-order valence-electron chi connectivity index (χ1n) is 9.49. The van der Waals surface area contributed by atoms with Crippen molar-refractivity contribution in [2.75, 3.05) is 7.11 Å². The number of aromatic nitrogens is 1. The minimum absolute atomic E-state index is 0.102. The van der Waals surface area contributed by atoms with Gasteiger partial charge in [-0.3, -0.25) is 14.7 Å². The number of carbonyl (C=O) groups is 2. The van der Waals surface area contributed by atoms with Crippen LogP contribution in [0.5, 0.6) is 0 Å². The third kappa shape index (κ3) is 3.70. The van der Waals surface area contributed by atoms with Crippen molar-refractivity contribution >= 4 is 11.9 Å². The Morgan fingerprint density at radius 1 is 0.969 bits per heavy atom. The van der Waals surface area contributed by atoms with Crippen molar-refractivity contribution in [1.29, 1.82) is 0 Å². The van der Waals surface area contributed by atoms with Crippen molar-refractivity contribution in [1.82, 2.24) is 9.88 Å². The molecule has 164 valence electrons. The van der Waals surface area contributed by atoms with Crippen LogP contribution in [0.1, 0.15) is 55.4 Å². The molecule has 4 rings (SSSR count). The number of ether oxygens (including phenoxy) is 1. The average Bonchev–Trinajstić information content (AvgIpc) is 3.10. The molecule has 1 amide bonds. The summed E-state index contributed by atoms with van der Waals surface area (Å²) in [5, 5.41) is 0. The second-order valence-electron chi connectivity index (χ2n) is 7.12. The van der Waals surface area contributed by atoms with Gasteiger partial charge in [0.25, 0.3) is 5.91 Å². The van der Waals surface area contributed by atoms with E-state index in [-0.39, 0.29) is 27.9 Å². The van der Waals surface area contributed by atoms with E-state index in [1.54, 1.807) is 0 Å². The number of carbonyl (C=O) groups excluding carboxylic acids is 2. The van der Waals surface area contributed by atoms with Crippen LogP contribution in [0, 0.1) is 0 Å². The number of halogens is 4. The molecule has 0 aliphatic carbocycles. The van der Waals surface area contributed by atoms with Gasteiger partial charge in [0.1, 0.15) is 6.04 Å². The first-order chi connectivity index (χ1) is 15.2. The summed E-state index contributed by atoms with van der Waals surface area (Å²) in [6.07, 6.45) is -4.94. The van der Waals surface area contributed by atoms with E-state index < -0.39 is 36.0 Å². The van der Waals surface area contributed by atoms with E-state index in [9.17, 15) is 22.8 Å². The minimum atomic E-state index is -4.52. The van der Waals surface area contributed by atoms with Crippen molar-refractivity contribution in [3.8, 4) is 0 Å². The maximum absolute atomic E-state index is 15.4. The molecule has 9 heteroatoms. The van der Waals surface area contributed by atoms with Crippen molar-refractivity contribution < 1.29 is 31.9 Å². The molecule has 0 bridgehead atoms. The smallest absolute Gasteiger partial charge is 0.416 e. The molecule has 2 heterocycles. The summed E-state index contributed by atoms with van der Waals surface area (Å²) in [5.41, 5.74) is 0.166. The third-order valence-electron chi connectivity index (χ3n) is 5.25. The van der Waals surface area contributed by atoms with E-state index in [4.69, 9.17) is 0 Å². The van der Waals surface area contributed by atoms with Crippen LogP contribution in [0.3, 0.4) is 0 Å². The molecule has 2 aromatic carbocycles. The van der Waals surface area contributed by atoms with Crippen LogP contribution in [0.4, 0.5) is 17.6 Å². The lowest BCUT2D eigenvalue weighted by Crippen LogP contribution is -2.32. The van der Waals surface area contributed by atoms with Crippen LogP contribution < -0.4 is 0 Å². The van der Waals surface area contributed by atoms with Gasteiger partial charge in [0.05, 0.1) is 23.9 Å². The number of benzene rings is 2. The molecule has 0 N–H and O–H groups in total. The molecule has 0 saturated carbocycles. The van der Waals surface area contributed by atoms with E-state index in [1.165, 1.54) is 61.8 Å². The second-order valence-corrected chi connectivity index (χ2v) is 7.12. The van der Waals surface area contributed by atoms with Gasteiger partial charge in [-0.05, 0) is 48.0 Å². The van der Waals surface area contributed by atoms with Crippen molar-refractivity contribution in [3.05, 3.63) is 100 Å². The normalized spacial score (nSPS) is 17.7. The van der Waals surface area contributed by atoms with Crippen molar-refractivity contribution in [2.45, 2.75) is 18.5 Å². The summed E-state index contributed by atoms with van der Waals surface area (Å²) in [6, 6.07) is 11.7. The Bertz CT molecular complexity index is 1160. The van der Waals surface area contributed by atoms with Crippen LogP contribution in [0.15, 0.2) is 66.9 Å². The summed E-state index contributed by atoms with van der Waals surface area (Å²) in [7, 11) is 1.22. The predicted molar refractivity (Wildman–Crippen MR) is 105 cm³/mol. The largest absolute Gasteiger partial charge is 0.465 e. The van der Waals surface area contributed by atoms with Crippen LogP contribution in [0.25, 0.3) is 0 Å². The molecule has 1 aliphatic rings. The Hall–Kier alpha value is -3.75. The summed E-state index contributed by atoms with van der Waals surface area (Å²) in [4.78, 5) is 30.0. The summed E-state index contributed by atoms with van der Waals surface area (Å²) in [5.74, 6) is -1.29. The fourth-order valence-corrected chi connectivity index (χ4v) is 3.68. The molecule has 0 fully saturated rings. The molecule has 0 radical (unpaired) electrons. The van der Waals surface area contributed by atoms with Crippen molar-refractivity contribution in [2.24, 2.45) is 0 Å². The van der Waals surface area contributed by atoms with Crippen LogP contribution in [-0.2, 0) is 10.9 Å². The quantitative estimate of drug-likeness (QED) is 0.320. The molecule has 0 spiro atoms. The van der Waals surface area contributed by atoms with Gasteiger partial charge in [0, 0.05) is 17.3 Å². The second kappa shape index (κ2) is 8.07. The average molecular weight is 444 g/mol. The monoisotopic (exact) mass is 444 g/mol. The number of pyridine rings is 1. The minimum Gasteiger partial charge on any atom is -0.465 e. The number of alkyl halides is 4. The van der Waals surface area contributed by atoms with E-state index in [0.717, 1.165) is 17.0 Å². The van der Waals surface area contributed by atoms with Crippen molar-refractivity contribution in [3.63, 3.8) is 0 Å². The van der Waals surface area contributed by atoms with Gasteiger partial charge in [-0.15, -0.1) is 0 Å². The fourth-order valence-electron chi connectivity index (χ4n) is 3.68. The van der Waals surface area contributed by atoms with E-state index in [1.807, 2.05) is 0 Å². The van der Waals surface area contributed by atoms with E-state index in [0.29, 0.717) is 0 Å². The molecule has 32 heavy (non-hydrogen) atoms. The van der Waals surface area contributed by atoms with E-state index in [2.05, 4.69) is 9.72 Å². The number of rotatable bonds is 3. The Kier molecular flexibility index (Phi) is 5.41. The van der Waals surface area contributed by atoms with Gasteiger partial charge in [0.15, 0.2) is 0 Å². The Balaban J connectivity index is 1.74. The van der Waals surface area contributed by atoms with Gasteiger partial charge in [-0.25, -0.2) is 9.18 Å². The summed E-state index contributed by atoms with van der Waals surface area (Å²) < 4.78 is 58.9. The SMILES string of the molecule is COC(=O)c1ccc(C(=O)N2C(F)c3cccnc3[C@@H]2c2ccc(C(F)(F)F)cc2)cc1. The lowest BCUT2D eigenvalue weighted by Gasteiger charge is -2.27. The third-order valence-corrected chi connectivity index (χ3v) is 5.25. The van der Waals surface area contributed by atoms with Gasteiger partial charge >= 0.3 is 12.1 Å². The topological polar surface area (TPSA) is 59.5 Å². The number of hydrogen-bond donors (Lipinski definition) is 0. The molecular weight excluding hydrogens is 428 g/mol. The molecule has 1 aliphatic heterocycles. The molecule has 5 nitrogen and oxygen atoms in total. The summed E-state index contributed by atoms with van der Waals surface area (Å²) in [6.45, 7) is 0. The molecule has 1 aromatic heterocycles. The summed E-state index contributed by atoms with van der Waals surface area (Å²) >= 11 is 0. The first-order valence-corrected chi connectivity index (χ1v) is 9.49. The fraction of sp³-hybridized carbons (Fsp3) is 0.174. The number of esters is 1. The number of hydrogen-bond acceptors (Lipinski definition) is 4. The number of amides is 1. The Morgan fingerprint density at radius 2 is 1.59 bits per heavy atom. The number of fused-ring (bicyclic) bond motifs is 1. The number of methoxy groups -OCH3 is 1. The highest BCUT2D eigenvalue weighted by molar-refractivity contribution is 5.97. The van der Waals surface area contributed by atoms with Crippen LogP contribution >= 0.6 is 0 Å². The van der Waals surface area contributed by atoms with E-state index >= 15 is 4.39 Å². The van der Waals surface area contributed by atoms with Gasteiger partial charge in [0.2, 0.25) is 6.30 Å². The Labute approximate surface area is 180 Å². The molecule has 2 atom stereocenters. The maximum atomic E-state index is 15.4. The van der Waals surface area contributed by atoms with Gasteiger partial charge in [-0.2, -0.15) is 13.2 Å². The number of nitrogens with zero attached hydrogens (tertiary/aromatic N) is 2.